The maximum Gasteiger partial charge on any atom is 0.142 e. The average molecular weight is 316 g/mol. The molecule has 2 aromatic rings. The summed E-state index contributed by atoms with van der Waals surface area (Å²) in [6.07, 6.45) is 0.413. The zero-order valence-corrected chi connectivity index (χ0v) is 12.3. The van der Waals surface area contributed by atoms with Gasteiger partial charge in [0.15, 0.2) is 0 Å². The number of benzene rings is 2. The molecule has 0 saturated heterocycles. The Morgan fingerprint density at radius 2 is 1.60 bits per heavy atom. The van der Waals surface area contributed by atoms with Crippen molar-refractivity contribution < 1.29 is 8.78 Å². The largest absolute Gasteiger partial charge is 0.313 e. The summed E-state index contributed by atoms with van der Waals surface area (Å²) in [7, 11) is 1.74. The second kappa shape index (κ2) is 6.53. The van der Waals surface area contributed by atoms with Gasteiger partial charge in [-0.15, -0.1) is 0 Å². The van der Waals surface area contributed by atoms with Crippen molar-refractivity contribution >= 4 is 23.2 Å². The fraction of sp³-hybridized carbons (Fsp3) is 0.200. The average Bonchev–Trinajstić information content (AvgIpc) is 2.44. The maximum absolute atomic E-state index is 13.5. The SMILES string of the molecule is CNC(Cc1cccc(F)c1Cl)c1cccc(F)c1Cl. The zero-order chi connectivity index (χ0) is 14.7. The van der Waals surface area contributed by atoms with Crippen molar-refractivity contribution in [2.24, 2.45) is 0 Å². The molecule has 1 N–H and O–H groups in total. The highest BCUT2D eigenvalue weighted by atomic mass is 35.5. The molecule has 1 unspecified atom stereocenters. The molecule has 0 amide bonds. The van der Waals surface area contributed by atoms with Gasteiger partial charge in [-0.2, -0.15) is 0 Å². The fourth-order valence-electron chi connectivity index (χ4n) is 2.08. The van der Waals surface area contributed by atoms with Crippen LogP contribution in [0.3, 0.4) is 0 Å². The lowest BCUT2D eigenvalue weighted by atomic mass is 9.98. The Morgan fingerprint density at radius 1 is 1.00 bits per heavy atom. The first-order chi connectivity index (χ1) is 9.54. The van der Waals surface area contributed by atoms with E-state index in [1.807, 2.05) is 0 Å². The van der Waals surface area contributed by atoms with Gasteiger partial charge in [0.05, 0.1) is 10.0 Å². The molecule has 0 heterocycles. The normalized spacial score (nSPS) is 12.4. The van der Waals surface area contributed by atoms with Crippen molar-refractivity contribution in [1.82, 2.24) is 5.32 Å². The van der Waals surface area contributed by atoms with E-state index in [0.29, 0.717) is 17.5 Å². The molecule has 0 aromatic heterocycles. The monoisotopic (exact) mass is 315 g/mol. The van der Waals surface area contributed by atoms with Crippen molar-refractivity contribution in [2.75, 3.05) is 7.05 Å². The first kappa shape index (κ1) is 15.2. The highest BCUT2D eigenvalue weighted by Gasteiger charge is 2.18. The third-order valence-corrected chi connectivity index (χ3v) is 3.98. The molecule has 1 atom stereocenters. The van der Waals surface area contributed by atoms with E-state index in [0.717, 1.165) is 0 Å². The van der Waals surface area contributed by atoms with Crippen molar-refractivity contribution in [3.05, 3.63) is 69.2 Å². The summed E-state index contributed by atoms with van der Waals surface area (Å²) in [5.74, 6) is -0.945. The minimum absolute atomic E-state index is 0.0689. The van der Waals surface area contributed by atoms with E-state index in [-0.39, 0.29) is 16.1 Å². The van der Waals surface area contributed by atoms with Gasteiger partial charge >= 0.3 is 0 Å². The van der Waals surface area contributed by atoms with Gasteiger partial charge in [0.1, 0.15) is 11.6 Å². The Kier molecular flexibility index (Phi) is 4.97. The number of likely N-dealkylation sites (N-methyl/N-ethyl adjacent to an activating group) is 1. The minimum atomic E-state index is -0.477. The van der Waals surface area contributed by atoms with Crippen LogP contribution in [0.1, 0.15) is 17.2 Å². The fourth-order valence-corrected chi connectivity index (χ4v) is 2.54. The Labute approximate surface area is 126 Å². The summed E-state index contributed by atoms with van der Waals surface area (Å²) in [5.41, 5.74) is 1.26. The lowest BCUT2D eigenvalue weighted by Crippen LogP contribution is -2.19. The molecule has 0 aliphatic rings. The lowest BCUT2D eigenvalue weighted by molar-refractivity contribution is 0.573. The smallest absolute Gasteiger partial charge is 0.142 e. The second-order valence-corrected chi connectivity index (χ2v) is 5.16. The van der Waals surface area contributed by atoms with Crippen LogP contribution in [0.15, 0.2) is 36.4 Å². The maximum atomic E-state index is 13.5. The first-order valence-corrected chi connectivity index (χ1v) is 6.84. The van der Waals surface area contributed by atoms with Gasteiger partial charge in [0.2, 0.25) is 0 Å². The van der Waals surface area contributed by atoms with Crippen molar-refractivity contribution in [1.29, 1.82) is 0 Å². The molecule has 0 saturated carbocycles. The zero-order valence-electron chi connectivity index (χ0n) is 10.8. The van der Waals surface area contributed by atoms with E-state index in [2.05, 4.69) is 5.32 Å². The van der Waals surface area contributed by atoms with Gasteiger partial charge in [-0.05, 0) is 36.7 Å². The summed E-state index contributed by atoms with van der Waals surface area (Å²) in [4.78, 5) is 0. The first-order valence-electron chi connectivity index (χ1n) is 6.08. The van der Waals surface area contributed by atoms with Crippen molar-refractivity contribution in [3.63, 3.8) is 0 Å². The molecular formula is C15H13Cl2F2N. The molecule has 0 aliphatic heterocycles. The topological polar surface area (TPSA) is 12.0 Å². The molecule has 2 aromatic carbocycles. The predicted molar refractivity (Wildman–Crippen MR) is 78.3 cm³/mol. The number of hydrogen-bond acceptors (Lipinski definition) is 1. The summed E-state index contributed by atoms with van der Waals surface area (Å²) in [6.45, 7) is 0. The van der Waals surface area contributed by atoms with E-state index >= 15 is 0 Å². The van der Waals surface area contributed by atoms with Crippen LogP contribution in [-0.2, 0) is 6.42 Å². The number of nitrogens with one attached hydrogen (secondary N) is 1. The van der Waals surface area contributed by atoms with E-state index < -0.39 is 11.6 Å². The number of rotatable bonds is 4. The van der Waals surface area contributed by atoms with Gasteiger partial charge in [-0.25, -0.2) is 8.78 Å². The molecule has 0 aliphatic carbocycles. The summed E-state index contributed by atoms with van der Waals surface area (Å²) in [5, 5.41) is 3.20. The molecule has 0 spiro atoms. The van der Waals surface area contributed by atoms with Gasteiger partial charge in [-0.3, -0.25) is 0 Å². The molecule has 5 heteroatoms. The van der Waals surface area contributed by atoms with E-state index in [1.165, 1.54) is 12.1 Å². The number of halogens is 4. The van der Waals surface area contributed by atoms with Crippen LogP contribution >= 0.6 is 23.2 Å². The molecule has 2 rings (SSSR count). The van der Waals surface area contributed by atoms with Crippen LogP contribution in [0.4, 0.5) is 8.78 Å². The third kappa shape index (κ3) is 3.11. The molecule has 1 nitrogen and oxygen atoms in total. The summed E-state index contributed by atoms with van der Waals surface area (Å²) in [6, 6.07) is 9.01. The minimum Gasteiger partial charge on any atom is -0.313 e. The van der Waals surface area contributed by atoms with Gasteiger partial charge in [0.25, 0.3) is 0 Å². The van der Waals surface area contributed by atoms with E-state index in [9.17, 15) is 8.78 Å². The summed E-state index contributed by atoms with van der Waals surface area (Å²) >= 11 is 11.9. The van der Waals surface area contributed by atoms with Crippen LogP contribution in [0.5, 0.6) is 0 Å². The molecule has 20 heavy (non-hydrogen) atoms. The van der Waals surface area contributed by atoms with Crippen LogP contribution in [-0.4, -0.2) is 7.05 Å². The van der Waals surface area contributed by atoms with Crippen molar-refractivity contribution in [2.45, 2.75) is 12.5 Å². The van der Waals surface area contributed by atoms with Crippen molar-refractivity contribution in [3.8, 4) is 0 Å². The third-order valence-electron chi connectivity index (χ3n) is 3.16. The van der Waals surface area contributed by atoms with E-state index in [1.54, 1.807) is 31.3 Å². The van der Waals surface area contributed by atoms with Crippen LogP contribution < -0.4 is 5.32 Å². The van der Waals surface area contributed by atoms with Crippen LogP contribution in [0.25, 0.3) is 0 Å². The molecule has 0 fully saturated rings. The summed E-state index contributed by atoms with van der Waals surface area (Å²) < 4.78 is 27.0. The number of hydrogen-bond donors (Lipinski definition) is 1. The lowest BCUT2D eigenvalue weighted by Gasteiger charge is -2.19. The van der Waals surface area contributed by atoms with Gasteiger partial charge in [-0.1, -0.05) is 47.5 Å². The molecule has 0 bridgehead atoms. The Bertz CT molecular complexity index is 617. The van der Waals surface area contributed by atoms with Gasteiger partial charge < -0.3 is 5.32 Å². The Balaban J connectivity index is 2.34. The molecular weight excluding hydrogens is 303 g/mol. The van der Waals surface area contributed by atoms with Crippen LogP contribution in [0.2, 0.25) is 10.0 Å². The standard InChI is InChI=1S/C15H13Cl2F2N/c1-20-13(10-5-3-7-12(19)15(10)17)8-9-4-2-6-11(18)14(9)16/h2-7,13,20H,8H2,1H3. The predicted octanol–water partition coefficient (Wildman–Crippen LogP) is 4.77. The second-order valence-electron chi connectivity index (χ2n) is 4.40. The highest BCUT2D eigenvalue weighted by Crippen LogP contribution is 2.30. The molecule has 0 radical (unpaired) electrons. The Morgan fingerprint density at radius 3 is 2.25 bits per heavy atom. The van der Waals surface area contributed by atoms with Gasteiger partial charge in [0, 0.05) is 6.04 Å². The quantitative estimate of drug-likeness (QED) is 0.856. The van der Waals surface area contributed by atoms with Crippen LogP contribution in [0, 0.1) is 11.6 Å². The molecule has 106 valence electrons. The Hall–Kier alpha value is -1.16. The van der Waals surface area contributed by atoms with E-state index in [4.69, 9.17) is 23.2 Å². The highest BCUT2D eigenvalue weighted by molar-refractivity contribution is 6.32.